The molecular weight excluding hydrogens is 430 g/mol. The van der Waals surface area contributed by atoms with Crippen molar-refractivity contribution < 1.29 is 24.5 Å². The molecule has 1 amide bonds. The zero-order chi connectivity index (χ0) is 24.1. The molecule has 3 aromatic rings. The molecule has 0 spiro atoms. The minimum atomic E-state index is -0.569. The Balaban J connectivity index is 1.74. The first-order chi connectivity index (χ1) is 16.5. The molecule has 1 atom stereocenters. The van der Waals surface area contributed by atoms with Crippen molar-refractivity contribution in [2.45, 2.75) is 19.4 Å². The molecule has 0 fully saturated rings. The minimum absolute atomic E-state index is 0.00177. The number of phenols is 1. The second kappa shape index (κ2) is 10.2. The smallest absolute Gasteiger partial charge is 0.293 e. The van der Waals surface area contributed by atoms with Gasteiger partial charge in [-0.2, -0.15) is 0 Å². The van der Waals surface area contributed by atoms with Gasteiger partial charge < -0.3 is 19.7 Å². The van der Waals surface area contributed by atoms with Gasteiger partial charge in [0.1, 0.15) is 5.75 Å². The van der Waals surface area contributed by atoms with Crippen molar-refractivity contribution in [3.05, 3.63) is 101 Å². The third kappa shape index (κ3) is 4.62. The standard InChI is InChI=1S/C28H27NO5/c1-3-34-22-15-13-21(14-16-22)29-26(20-12-17-24(30)25(18-20)33-2)23(27(31)28(29)32)11-7-10-19-8-5-4-6-9-19/h4-10,12-18,26,30-31H,3,11H2,1-2H3/b10-7+. The first-order valence-corrected chi connectivity index (χ1v) is 11.1. The highest BCUT2D eigenvalue weighted by atomic mass is 16.5. The van der Waals surface area contributed by atoms with Gasteiger partial charge in [-0.3, -0.25) is 9.69 Å². The number of carbonyl (C=O) groups excluding carboxylic acids is 1. The molecule has 174 valence electrons. The summed E-state index contributed by atoms with van der Waals surface area (Å²) in [5.41, 5.74) is 2.93. The molecule has 0 saturated carbocycles. The highest BCUT2D eigenvalue weighted by molar-refractivity contribution is 6.08. The molecule has 3 aromatic carbocycles. The number of hydrogen-bond acceptors (Lipinski definition) is 5. The van der Waals surface area contributed by atoms with Crippen LogP contribution >= 0.6 is 0 Å². The molecule has 0 saturated heterocycles. The summed E-state index contributed by atoms with van der Waals surface area (Å²) in [6, 6.07) is 21.4. The van der Waals surface area contributed by atoms with Crippen LogP contribution in [0, 0.1) is 0 Å². The Morgan fingerprint density at radius 3 is 2.41 bits per heavy atom. The van der Waals surface area contributed by atoms with Crippen LogP contribution in [0.15, 0.2) is 90.2 Å². The summed E-state index contributed by atoms with van der Waals surface area (Å²) in [4.78, 5) is 14.8. The molecule has 0 aliphatic carbocycles. The van der Waals surface area contributed by atoms with Gasteiger partial charge >= 0.3 is 0 Å². The number of allylic oxidation sites excluding steroid dienone is 1. The van der Waals surface area contributed by atoms with Crippen LogP contribution in [-0.2, 0) is 4.79 Å². The van der Waals surface area contributed by atoms with E-state index in [4.69, 9.17) is 9.47 Å². The fraction of sp³-hybridized carbons (Fsp3) is 0.179. The quantitative estimate of drug-likeness (QED) is 0.447. The second-order valence-corrected chi connectivity index (χ2v) is 7.83. The number of benzene rings is 3. The molecule has 1 heterocycles. The third-order valence-electron chi connectivity index (χ3n) is 5.71. The van der Waals surface area contributed by atoms with Gasteiger partial charge in [-0.15, -0.1) is 0 Å². The predicted molar refractivity (Wildman–Crippen MR) is 132 cm³/mol. The van der Waals surface area contributed by atoms with E-state index in [0.29, 0.717) is 41.4 Å². The summed E-state index contributed by atoms with van der Waals surface area (Å²) >= 11 is 0. The first-order valence-electron chi connectivity index (χ1n) is 11.1. The van der Waals surface area contributed by atoms with Crippen molar-refractivity contribution in [2.24, 2.45) is 0 Å². The summed E-state index contributed by atoms with van der Waals surface area (Å²) in [5.74, 6) is 0.237. The van der Waals surface area contributed by atoms with Gasteiger partial charge in [-0.1, -0.05) is 48.6 Å². The maximum atomic E-state index is 13.2. The zero-order valence-corrected chi connectivity index (χ0v) is 19.1. The van der Waals surface area contributed by atoms with Crippen molar-refractivity contribution in [1.82, 2.24) is 0 Å². The highest BCUT2D eigenvalue weighted by Crippen LogP contribution is 2.44. The van der Waals surface area contributed by atoms with Gasteiger partial charge in [0.05, 0.1) is 19.8 Å². The van der Waals surface area contributed by atoms with E-state index in [9.17, 15) is 15.0 Å². The van der Waals surface area contributed by atoms with Crippen LogP contribution in [-0.4, -0.2) is 29.8 Å². The number of nitrogens with zero attached hydrogens (tertiary/aromatic N) is 1. The lowest BCUT2D eigenvalue weighted by molar-refractivity contribution is -0.117. The Morgan fingerprint density at radius 2 is 1.74 bits per heavy atom. The highest BCUT2D eigenvalue weighted by Gasteiger charge is 2.41. The van der Waals surface area contributed by atoms with Crippen LogP contribution in [0.4, 0.5) is 5.69 Å². The van der Waals surface area contributed by atoms with Gasteiger partial charge in [0.25, 0.3) is 5.91 Å². The molecule has 1 aliphatic rings. The molecule has 4 rings (SSSR count). The van der Waals surface area contributed by atoms with Crippen LogP contribution in [0.3, 0.4) is 0 Å². The average molecular weight is 458 g/mol. The van der Waals surface area contributed by atoms with Crippen molar-refractivity contribution in [2.75, 3.05) is 18.6 Å². The molecule has 6 nitrogen and oxygen atoms in total. The summed E-state index contributed by atoms with van der Waals surface area (Å²) < 4.78 is 10.8. The van der Waals surface area contributed by atoms with E-state index in [1.165, 1.54) is 13.2 Å². The Bertz CT molecular complexity index is 1220. The van der Waals surface area contributed by atoms with Crippen LogP contribution < -0.4 is 14.4 Å². The molecule has 1 aliphatic heterocycles. The maximum absolute atomic E-state index is 13.2. The number of aliphatic hydroxyl groups excluding tert-OH is 1. The molecular formula is C28H27NO5. The molecule has 1 unspecified atom stereocenters. The molecule has 0 aromatic heterocycles. The summed E-state index contributed by atoms with van der Waals surface area (Å²) in [5, 5.41) is 21.0. The van der Waals surface area contributed by atoms with Crippen molar-refractivity contribution >= 4 is 17.7 Å². The Labute approximate surface area is 199 Å². The van der Waals surface area contributed by atoms with Crippen molar-refractivity contribution in [3.8, 4) is 17.2 Å². The van der Waals surface area contributed by atoms with E-state index in [0.717, 1.165) is 5.56 Å². The number of methoxy groups -OCH3 is 1. The van der Waals surface area contributed by atoms with Crippen LogP contribution in [0.1, 0.15) is 30.5 Å². The van der Waals surface area contributed by atoms with Gasteiger partial charge in [0, 0.05) is 11.3 Å². The molecule has 0 radical (unpaired) electrons. The fourth-order valence-electron chi connectivity index (χ4n) is 4.10. The number of amides is 1. The number of ether oxygens (including phenoxy) is 2. The number of carbonyl (C=O) groups is 1. The van der Waals surface area contributed by atoms with E-state index >= 15 is 0 Å². The van der Waals surface area contributed by atoms with E-state index < -0.39 is 11.9 Å². The Hall–Kier alpha value is -4.19. The first kappa shape index (κ1) is 23.0. The average Bonchev–Trinajstić information content (AvgIpc) is 3.11. The largest absolute Gasteiger partial charge is 0.504 e. The zero-order valence-electron chi connectivity index (χ0n) is 19.1. The Morgan fingerprint density at radius 1 is 1.00 bits per heavy atom. The summed E-state index contributed by atoms with van der Waals surface area (Å²) in [6.45, 7) is 2.45. The van der Waals surface area contributed by atoms with Gasteiger partial charge in [0.2, 0.25) is 0 Å². The van der Waals surface area contributed by atoms with E-state index in [-0.39, 0.29) is 11.5 Å². The number of phenolic OH excluding ortho intramolecular Hbond substituents is 1. The Kier molecular flexibility index (Phi) is 6.87. The number of hydrogen-bond donors (Lipinski definition) is 2. The predicted octanol–water partition coefficient (Wildman–Crippen LogP) is 5.80. The van der Waals surface area contributed by atoms with Crippen LogP contribution in [0.2, 0.25) is 0 Å². The van der Waals surface area contributed by atoms with Crippen LogP contribution in [0.5, 0.6) is 17.2 Å². The lowest BCUT2D eigenvalue weighted by Gasteiger charge is -2.27. The SMILES string of the molecule is CCOc1ccc(N2C(=O)C(O)=C(C/C=C/c3ccccc3)C2c2ccc(O)c(OC)c2)cc1. The lowest BCUT2D eigenvalue weighted by Crippen LogP contribution is -2.30. The normalized spacial score (nSPS) is 15.9. The van der Waals surface area contributed by atoms with Gasteiger partial charge in [-0.05, 0) is 60.9 Å². The number of aromatic hydroxyl groups is 1. The minimum Gasteiger partial charge on any atom is -0.504 e. The van der Waals surface area contributed by atoms with Crippen molar-refractivity contribution in [3.63, 3.8) is 0 Å². The number of anilines is 1. The van der Waals surface area contributed by atoms with Crippen molar-refractivity contribution in [1.29, 1.82) is 0 Å². The lowest BCUT2D eigenvalue weighted by atomic mass is 9.95. The van der Waals surface area contributed by atoms with Crippen LogP contribution in [0.25, 0.3) is 6.08 Å². The molecule has 2 N–H and O–H groups in total. The monoisotopic (exact) mass is 457 g/mol. The molecule has 6 heteroatoms. The molecule has 0 bridgehead atoms. The summed E-state index contributed by atoms with van der Waals surface area (Å²) in [7, 11) is 1.47. The number of aliphatic hydroxyl groups is 1. The van der Waals surface area contributed by atoms with E-state index in [1.54, 1.807) is 41.3 Å². The number of rotatable bonds is 8. The third-order valence-corrected chi connectivity index (χ3v) is 5.71. The maximum Gasteiger partial charge on any atom is 0.293 e. The second-order valence-electron chi connectivity index (χ2n) is 7.83. The van der Waals surface area contributed by atoms with Gasteiger partial charge in [-0.25, -0.2) is 0 Å². The van der Waals surface area contributed by atoms with E-state index in [1.807, 2.05) is 49.4 Å². The topological polar surface area (TPSA) is 79.2 Å². The summed E-state index contributed by atoms with van der Waals surface area (Å²) in [6.07, 6.45) is 4.26. The van der Waals surface area contributed by atoms with E-state index in [2.05, 4.69) is 0 Å². The van der Waals surface area contributed by atoms with Gasteiger partial charge in [0.15, 0.2) is 17.3 Å². The molecule has 34 heavy (non-hydrogen) atoms. The fourth-order valence-corrected chi connectivity index (χ4v) is 4.10.